The second kappa shape index (κ2) is 10.2. The van der Waals surface area contributed by atoms with Gasteiger partial charge >= 0.3 is 0 Å². The van der Waals surface area contributed by atoms with Gasteiger partial charge in [0.05, 0.1) is 17.4 Å². The first-order valence-corrected chi connectivity index (χ1v) is 11.8. The standard InChI is InChI=1S/C25H29N3O4S/c1-3-5-6-16(4-2)13-26-23(29)18-8-9-19-20(12-18)27-25(33)28(24(19)30)14-17-7-10-21-22(11-17)32-15-31-21/h7-12,16H,3-6,13-15H2,1-2H3,(H,26,29)(H,27,33)/t16-/m0/s1. The number of nitrogens with one attached hydrogen (secondary N) is 2. The van der Waals surface area contributed by atoms with E-state index in [0.29, 0.717) is 51.7 Å². The number of unbranched alkanes of at least 4 members (excludes halogenated alkanes) is 1. The van der Waals surface area contributed by atoms with E-state index in [0.717, 1.165) is 24.8 Å². The topological polar surface area (TPSA) is 85.3 Å². The van der Waals surface area contributed by atoms with E-state index in [1.807, 2.05) is 18.2 Å². The van der Waals surface area contributed by atoms with Gasteiger partial charge in [-0.05, 0) is 60.5 Å². The first-order chi connectivity index (χ1) is 16.0. The summed E-state index contributed by atoms with van der Waals surface area (Å²) in [7, 11) is 0. The van der Waals surface area contributed by atoms with Crippen LogP contribution >= 0.6 is 12.2 Å². The second-order valence-electron chi connectivity index (χ2n) is 8.40. The van der Waals surface area contributed by atoms with E-state index in [4.69, 9.17) is 21.7 Å². The van der Waals surface area contributed by atoms with Crippen LogP contribution in [0.2, 0.25) is 0 Å². The van der Waals surface area contributed by atoms with Gasteiger partial charge in [-0.15, -0.1) is 0 Å². The lowest BCUT2D eigenvalue weighted by Crippen LogP contribution is -2.29. The molecule has 8 heteroatoms. The first-order valence-electron chi connectivity index (χ1n) is 11.4. The second-order valence-corrected chi connectivity index (χ2v) is 8.78. The number of aromatic nitrogens is 2. The maximum absolute atomic E-state index is 13.1. The Hall–Kier alpha value is -3.13. The molecule has 33 heavy (non-hydrogen) atoms. The molecule has 3 aromatic rings. The van der Waals surface area contributed by atoms with Crippen LogP contribution in [-0.4, -0.2) is 28.8 Å². The van der Waals surface area contributed by atoms with Gasteiger partial charge in [0, 0.05) is 12.1 Å². The molecule has 1 atom stereocenters. The van der Waals surface area contributed by atoms with Crippen molar-refractivity contribution in [2.45, 2.75) is 46.1 Å². The highest BCUT2D eigenvalue weighted by molar-refractivity contribution is 7.71. The molecule has 0 saturated carbocycles. The zero-order chi connectivity index (χ0) is 23.4. The fourth-order valence-electron chi connectivity index (χ4n) is 4.04. The highest BCUT2D eigenvalue weighted by Gasteiger charge is 2.15. The Morgan fingerprint density at radius 3 is 2.79 bits per heavy atom. The van der Waals surface area contributed by atoms with Crippen LogP contribution in [0.3, 0.4) is 0 Å². The molecule has 174 valence electrons. The number of ether oxygens (including phenoxy) is 2. The molecule has 1 aromatic heterocycles. The lowest BCUT2D eigenvalue weighted by molar-refractivity contribution is 0.0946. The van der Waals surface area contributed by atoms with Crippen molar-refractivity contribution in [3.63, 3.8) is 0 Å². The monoisotopic (exact) mass is 467 g/mol. The number of carbonyl (C=O) groups is 1. The predicted molar refractivity (Wildman–Crippen MR) is 131 cm³/mol. The fourth-order valence-corrected chi connectivity index (χ4v) is 4.30. The molecule has 1 aliphatic rings. The molecule has 7 nitrogen and oxygen atoms in total. The summed E-state index contributed by atoms with van der Waals surface area (Å²) in [4.78, 5) is 29.0. The smallest absolute Gasteiger partial charge is 0.262 e. The summed E-state index contributed by atoms with van der Waals surface area (Å²) in [6.07, 6.45) is 4.47. The summed E-state index contributed by atoms with van der Waals surface area (Å²) in [5, 5.41) is 3.51. The molecule has 0 unspecified atom stereocenters. The number of carbonyl (C=O) groups excluding carboxylic acids is 1. The van der Waals surface area contributed by atoms with Crippen molar-refractivity contribution in [1.82, 2.24) is 14.9 Å². The van der Waals surface area contributed by atoms with Crippen LogP contribution in [0.25, 0.3) is 10.9 Å². The van der Waals surface area contributed by atoms with Gasteiger partial charge in [-0.3, -0.25) is 14.2 Å². The van der Waals surface area contributed by atoms with E-state index in [2.05, 4.69) is 24.1 Å². The highest BCUT2D eigenvalue weighted by Crippen LogP contribution is 2.32. The van der Waals surface area contributed by atoms with E-state index in [-0.39, 0.29) is 18.3 Å². The molecule has 1 aliphatic heterocycles. The maximum Gasteiger partial charge on any atom is 0.262 e. The van der Waals surface area contributed by atoms with Gasteiger partial charge in [0.2, 0.25) is 6.79 Å². The summed E-state index contributed by atoms with van der Waals surface area (Å²) in [5.74, 6) is 1.68. The van der Waals surface area contributed by atoms with Crippen molar-refractivity contribution in [2.24, 2.45) is 5.92 Å². The van der Waals surface area contributed by atoms with Crippen LogP contribution < -0.4 is 20.3 Å². The quantitative estimate of drug-likeness (QED) is 0.442. The van der Waals surface area contributed by atoms with Crippen LogP contribution in [0.4, 0.5) is 0 Å². The van der Waals surface area contributed by atoms with Crippen molar-refractivity contribution in [3.05, 3.63) is 62.6 Å². The lowest BCUT2D eigenvalue weighted by atomic mass is 9.99. The Morgan fingerprint density at radius 2 is 2.00 bits per heavy atom. The number of amides is 1. The number of benzene rings is 2. The molecule has 2 aromatic carbocycles. The molecule has 0 spiro atoms. The molecule has 0 radical (unpaired) electrons. The van der Waals surface area contributed by atoms with Gasteiger partial charge in [0.25, 0.3) is 11.5 Å². The maximum atomic E-state index is 13.1. The summed E-state index contributed by atoms with van der Waals surface area (Å²) in [5.41, 5.74) is 1.73. The zero-order valence-electron chi connectivity index (χ0n) is 19.0. The molecule has 0 aliphatic carbocycles. The summed E-state index contributed by atoms with van der Waals surface area (Å²) < 4.78 is 12.6. The van der Waals surface area contributed by atoms with Crippen LogP contribution in [0.1, 0.15) is 55.5 Å². The highest BCUT2D eigenvalue weighted by atomic mass is 32.1. The molecule has 0 bridgehead atoms. The Labute approximate surface area is 197 Å². The molecular formula is C25H29N3O4S. The third kappa shape index (κ3) is 5.11. The molecule has 2 N–H and O–H groups in total. The van der Waals surface area contributed by atoms with Gasteiger partial charge in [0.15, 0.2) is 16.3 Å². The van der Waals surface area contributed by atoms with E-state index in [1.165, 1.54) is 11.0 Å². The predicted octanol–water partition coefficient (Wildman–Crippen LogP) is 4.78. The summed E-state index contributed by atoms with van der Waals surface area (Å²) in [6, 6.07) is 10.6. The Kier molecular flexibility index (Phi) is 7.13. The molecule has 0 fully saturated rings. The Balaban J connectivity index is 1.54. The van der Waals surface area contributed by atoms with Crippen LogP contribution in [0.5, 0.6) is 11.5 Å². The van der Waals surface area contributed by atoms with Crippen LogP contribution in [0.15, 0.2) is 41.2 Å². The van der Waals surface area contributed by atoms with E-state index < -0.39 is 0 Å². The zero-order valence-corrected chi connectivity index (χ0v) is 19.8. The van der Waals surface area contributed by atoms with E-state index in [1.54, 1.807) is 18.2 Å². The number of nitrogens with zero attached hydrogens (tertiary/aromatic N) is 1. The summed E-state index contributed by atoms with van der Waals surface area (Å²) >= 11 is 5.47. The minimum Gasteiger partial charge on any atom is -0.454 e. The SMILES string of the molecule is CCCC[C@H](CC)CNC(=O)c1ccc2c(=O)n(Cc3ccc4c(c3)OCO4)c(=S)[nH]c2c1. The molecule has 4 rings (SSSR count). The van der Waals surface area contributed by atoms with Crippen molar-refractivity contribution in [2.75, 3.05) is 13.3 Å². The number of H-pyrrole nitrogens is 1. The third-order valence-corrected chi connectivity index (χ3v) is 6.44. The number of rotatable bonds is 9. The number of hydrogen-bond donors (Lipinski definition) is 2. The van der Waals surface area contributed by atoms with Gasteiger partial charge in [-0.1, -0.05) is 39.2 Å². The summed E-state index contributed by atoms with van der Waals surface area (Å²) in [6.45, 7) is 5.48. The van der Waals surface area contributed by atoms with Crippen molar-refractivity contribution in [1.29, 1.82) is 0 Å². The minimum absolute atomic E-state index is 0.143. The van der Waals surface area contributed by atoms with Crippen molar-refractivity contribution < 1.29 is 14.3 Å². The fraction of sp³-hybridized carbons (Fsp3) is 0.400. The molecule has 1 amide bonds. The largest absolute Gasteiger partial charge is 0.454 e. The first kappa shape index (κ1) is 23.0. The average Bonchev–Trinajstić information content (AvgIpc) is 3.29. The van der Waals surface area contributed by atoms with Gasteiger partial charge in [0.1, 0.15) is 0 Å². The number of aromatic amines is 1. The normalized spacial score (nSPS) is 13.3. The Morgan fingerprint density at radius 1 is 1.18 bits per heavy atom. The van der Waals surface area contributed by atoms with E-state index >= 15 is 0 Å². The lowest BCUT2D eigenvalue weighted by Gasteiger charge is -2.15. The van der Waals surface area contributed by atoms with Crippen molar-refractivity contribution >= 4 is 29.0 Å². The van der Waals surface area contributed by atoms with Crippen LogP contribution in [0, 0.1) is 10.7 Å². The number of fused-ring (bicyclic) bond motifs is 2. The number of hydrogen-bond acceptors (Lipinski definition) is 5. The van der Waals surface area contributed by atoms with Crippen LogP contribution in [-0.2, 0) is 6.54 Å². The molecule has 2 heterocycles. The van der Waals surface area contributed by atoms with E-state index in [9.17, 15) is 9.59 Å². The molecular weight excluding hydrogens is 438 g/mol. The third-order valence-electron chi connectivity index (χ3n) is 6.12. The van der Waals surface area contributed by atoms with Gasteiger partial charge < -0.3 is 19.8 Å². The van der Waals surface area contributed by atoms with Gasteiger partial charge in [-0.25, -0.2) is 0 Å². The average molecular weight is 468 g/mol. The minimum atomic E-state index is -0.205. The molecule has 0 saturated heterocycles. The Bertz CT molecular complexity index is 1280. The van der Waals surface area contributed by atoms with Gasteiger partial charge in [-0.2, -0.15) is 0 Å². The van der Waals surface area contributed by atoms with Crippen molar-refractivity contribution in [3.8, 4) is 11.5 Å².